The van der Waals surface area contributed by atoms with Crippen LogP contribution in [0, 0.1) is 0 Å². The Kier molecular flexibility index (Phi) is 2.91. The molecule has 0 saturated heterocycles. The maximum absolute atomic E-state index is 12.6. The molecule has 0 bridgehead atoms. The van der Waals surface area contributed by atoms with E-state index in [2.05, 4.69) is 15.1 Å². The number of hydrogen-bond donors (Lipinski definition) is 2. The Hall–Kier alpha value is -2.16. The zero-order valence-corrected chi connectivity index (χ0v) is 9.23. The van der Waals surface area contributed by atoms with Crippen molar-refractivity contribution in [3.8, 4) is 11.4 Å². The topological polar surface area (TPSA) is 81.7 Å². The van der Waals surface area contributed by atoms with E-state index in [9.17, 15) is 13.2 Å². The number of halogens is 3. The third kappa shape index (κ3) is 2.40. The summed E-state index contributed by atoms with van der Waals surface area (Å²) in [6.45, 7) is 0. The third-order valence-corrected chi connectivity index (χ3v) is 2.12. The molecule has 0 atom stereocenters. The first-order valence-corrected chi connectivity index (χ1v) is 4.83. The second-order valence-corrected chi connectivity index (χ2v) is 3.48. The Labute approximate surface area is 99.6 Å². The SMILES string of the molecule is Cn1ccc(-c2cc(C(F)(F)F)nc(NN)n2)n1. The molecular formula is C9H9F3N6. The minimum absolute atomic E-state index is 0.0471. The molecule has 0 spiro atoms. The number of hydrazine groups is 1. The third-order valence-electron chi connectivity index (χ3n) is 2.12. The summed E-state index contributed by atoms with van der Waals surface area (Å²) in [5, 5.41) is 3.97. The highest BCUT2D eigenvalue weighted by atomic mass is 19.4. The molecule has 2 aromatic rings. The fraction of sp³-hybridized carbons (Fsp3) is 0.222. The molecule has 2 rings (SSSR count). The number of alkyl halides is 3. The molecule has 96 valence electrons. The summed E-state index contributed by atoms with van der Waals surface area (Å²) >= 11 is 0. The molecule has 0 fully saturated rings. The van der Waals surface area contributed by atoms with Gasteiger partial charge in [-0.05, 0) is 12.1 Å². The number of nitrogens with two attached hydrogens (primary N) is 1. The van der Waals surface area contributed by atoms with Gasteiger partial charge < -0.3 is 0 Å². The predicted octanol–water partition coefficient (Wildman–Crippen LogP) is 1.18. The Bertz CT molecular complexity index is 562. The van der Waals surface area contributed by atoms with Gasteiger partial charge in [0.2, 0.25) is 5.95 Å². The maximum Gasteiger partial charge on any atom is 0.433 e. The fourth-order valence-electron chi connectivity index (χ4n) is 1.34. The van der Waals surface area contributed by atoms with Crippen molar-refractivity contribution >= 4 is 5.95 Å². The van der Waals surface area contributed by atoms with E-state index in [4.69, 9.17) is 5.84 Å². The average molecular weight is 258 g/mol. The lowest BCUT2D eigenvalue weighted by Gasteiger charge is -2.08. The fourth-order valence-corrected chi connectivity index (χ4v) is 1.34. The van der Waals surface area contributed by atoms with Gasteiger partial charge in [0.15, 0.2) is 5.69 Å². The van der Waals surface area contributed by atoms with Crippen LogP contribution in [0.1, 0.15) is 5.69 Å². The van der Waals surface area contributed by atoms with Gasteiger partial charge >= 0.3 is 6.18 Å². The highest BCUT2D eigenvalue weighted by Gasteiger charge is 2.34. The van der Waals surface area contributed by atoms with Crippen molar-refractivity contribution in [1.29, 1.82) is 0 Å². The molecule has 9 heteroatoms. The Balaban J connectivity index is 2.54. The zero-order chi connectivity index (χ0) is 13.3. The molecule has 0 radical (unpaired) electrons. The first-order chi connectivity index (χ1) is 8.40. The van der Waals surface area contributed by atoms with Crippen LogP contribution in [-0.2, 0) is 13.2 Å². The van der Waals surface area contributed by atoms with Crippen molar-refractivity contribution in [3.05, 3.63) is 24.0 Å². The van der Waals surface area contributed by atoms with Gasteiger partial charge in [0, 0.05) is 13.2 Å². The zero-order valence-electron chi connectivity index (χ0n) is 9.23. The van der Waals surface area contributed by atoms with Crippen LogP contribution in [0.15, 0.2) is 18.3 Å². The molecule has 2 heterocycles. The van der Waals surface area contributed by atoms with Crippen LogP contribution in [0.2, 0.25) is 0 Å². The molecule has 3 N–H and O–H groups in total. The lowest BCUT2D eigenvalue weighted by molar-refractivity contribution is -0.141. The van der Waals surface area contributed by atoms with Crippen LogP contribution in [0.5, 0.6) is 0 Å². The quantitative estimate of drug-likeness (QED) is 0.624. The highest BCUT2D eigenvalue weighted by molar-refractivity contribution is 5.56. The summed E-state index contributed by atoms with van der Waals surface area (Å²) < 4.78 is 39.3. The summed E-state index contributed by atoms with van der Waals surface area (Å²) in [6.07, 6.45) is -2.97. The van der Waals surface area contributed by atoms with Crippen LogP contribution in [0.3, 0.4) is 0 Å². The van der Waals surface area contributed by atoms with Gasteiger partial charge in [0.1, 0.15) is 5.69 Å². The Morgan fingerprint density at radius 2 is 2.00 bits per heavy atom. The lowest BCUT2D eigenvalue weighted by Crippen LogP contribution is -2.15. The smallest absolute Gasteiger partial charge is 0.292 e. The average Bonchev–Trinajstić information content (AvgIpc) is 2.74. The molecule has 0 aromatic carbocycles. The van der Waals surface area contributed by atoms with Gasteiger partial charge in [-0.3, -0.25) is 10.1 Å². The molecule has 2 aromatic heterocycles. The molecule has 0 aliphatic heterocycles. The van der Waals surface area contributed by atoms with Crippen LogP contribution >= 0.6 is 0 Å². The van der Waals surface area contributed by atoms with E-state index in [0.29, 0.717) is 5.69 Å². The number of anilines is 1. The second-order valence-electron chi connectivity index (χ2n) is 3.48. The number of rotatable bonds is 2. The van der Waals surface area contributed by atoms with Crippen molar-refractivity contribution in [2.45, 2.75) is 6.18 Å². The van der Waals surface area contributed by atoms with E-state index >= 15 is 0 Å². The number of aromatic nitrogens is 4. The summed E-state index contributed by atoms with van der Waals surface area (Å²) in [5.41, 5.74) is 1.28. The largest absolute Gasteiger partial charge is 0.433 e. The number of nitrogen functional groups attached to an aromatic ring is 1. The summed E-state index contributed by atoms with van der Waals surface area (Å²) in [7, 11) is 1.65. The van der Waals surface area contributed by atoms with E-state index in [1.165, 1.54) is 4.68 Å². The molecule has 18 heavy (non-hydrogen) atoms. The number of aryl methyl sites for hydroxylation is 1. The molecular weight excluding hydrogens is 249 g/mol. The first-order valence-electron chi connectivity index (χ1n) is 4.83. The Morgan fingerprint density at radius 3 is 2.50 bits per heavy atom. The van der Waals surface area contributed by atoms with E-state index < -0.39 is 11.9 Å². The van der Waals surface area contributed by atoms with Gasteiger partial charge in [-0.15, -0.1) is 0 Å². The van der Waals surface area contributed by atoms with E-state index in [1.807, 2.05) is 5.43 Å². The van der Waals surface area contributed by atoms with Gasteiger partial charge in [-0.2, -0.15) is 18.3 Å². The summed E-state index contributed by atoms with van der Waals surface area (Å²) in [4.78, 5) is 7.07. The molecule has 0 saturated carbocycles. The number of nitrogens with zero attached hydrogens (tertiary/aromatic N) is 4. The van der Waals surface area contributed by atoms with Crippen molar-refractivity contribution in [1.82, 2.24) is 19.7 Å². The summed E-state index contributed by atoms with van der Waals surface area (Å²) in [5.74, 6) is 4.73. The second kappa shape index (κ2) is 4.26. The number of hydrogen-bond acceptors (Lipinski definition) is 5. The predicted molar refractivity (Wildman–Crippen MR) is 57.0 cm³/mol. The normalized spacial score (nSPS) is 11.6. The van der Waals surface area contributed by atoms with Crippen LogP contribution in [0.25, 0.3) is 11.4 Å². The van der Waals surface area contributed by atoms with E-state index in [1.54, 1.807) is 19.3 Å². The minimum Gasteiger partial charge on any atom is -0.292 e. The first kappa shape index (κ1) is 12.3. The lowest BCUT2D eigenvalue weighted by atomic mass is 10.2. The number of nitrogens with one attached hydrogen (secondary N) is 1. The van der Waals surface area contributed by atoms with E-state index in [0.717, 1.165) is 6.07 Å². The minimum atomic E-state index is -4.57. The molecule has 6 nitrogen and oxygen atoms in total. The van der Waals surface area contributed by atoms with Gasteiger partial charge in [-0.1, -0.05) is 0 Å². The van der Waals surface area contributed by atoms with Gasteiger partial charge in [0.05, 0.1) is 5.69 Å². The van der Waals surface area contributed by atoms with Crippen molar-refractivity contribution in [3.63, 3.8) is 0 Å². The van der Waals surface area contributed by atoms with Crippen molar-refractivity contribution < 1.29 is 13.2 Å². The van der Waals surface area contributed by atoms with Crippen LogP contribution in [0.4, 0.5) is 19.1 Å². The molecule has 0 aliphatic rings. The van der Waals surface area contributed by atoms with Gasteiger partial charge in [-0.25, -0.2) is 15.8 Å². The highest BCUT2D eigenvalue weighted by Crippen LogP contribution is 2.30. The monoisotopic (exact) mass is 258 g/mol. The molecule has 0 unspecified atom stereocenters. The molecule has 0 amide bonds. The van der Waals surface area contributed by atoms with Crippen LogP contribution < -0.4 is 11.3 Å². The summed E-state index contributed by atoms with van der Waals surface area (Å²) in [6, 6.07) is 2.37. The maximum atomic E-state index is 12.6. The van der Waals surface area contributed by atoms with Crippen molar-refractivity contribution in [2.24, 2.45) is 12.9 Å². The van der Waals surface area contributed by atoms with Crippen molar-refractivity contribution in [2.75, 3.05) is 5.43 Å². The Morgan fingerprint density at radius 1 is 1.28 bits per heavy atom. The standard InChI is InChI=1S/C9H9F3N6/c1-18-3-2-5(17-18)6-4-7(9(10,11)12)15-8(14-6)16-13/h2-4H,13H2,1H3,(H,14,15,16). The van der Waals surface area contributed by atoms with Gasteiger partial charge in [0.25, 0.3) is 0 Å². The van der Waals surface area contributed by atoms with E-state index in [-0.39, 0.29) is 11.6 Å². The molecule has 0 aliphatic carbocycles. The van der Waals surface area contributed by atoms with Crippen LogP contribution in [-0.4, -0.2) is 19.7 Å².